The highest BCUT2D eigenvalue weighted by Gasteiger charge is 2.14. The van der Waals surface area contributed by atoms with Gasteiger partial charge in [0.2, 0.25) is 0 Å². The number of amides is 1. The molecule has 0 spiro atoms. The van der Waals surface area contributed by atoms with Gasteiger partial charge in [-0.25, -0.2) is 0 Å². The zero-order valence-corrected chi connectivity index (χ0v) is 16.1. The van der Waals surface area contributed by atoms with Crippen LogP contribution in [-0.2, 0) is 27.3 Å². The van der Waals surface area contributed by atoms with Crippen LogP contribution in [0.5, 0.6) is 11.5 Å². The maximum Gasteiger partial charge on any atom is 0.310 e. The molecule has 0 fully saturated rings. The minimum Gasteiger partial charge on any atom is -0.496 e. The number of esters is 1. The molecular formula is C21H23NO6. The molecule has 0 aliphatic rings. The molecule has 1 amide bonds. The number of carbonyl (C=O) groups is 3. The Kier molecular flexibility index (Phi) is 7.56. The quantitative estimate of drug-likeness (QED) is 0.526. The summed E-state index contributed by atoms with van der Waals surface area (Å²) in [5, 5.41) is 2.67. The van der Waals surface area contributed by atoms with Crippen LogP contribution in [0.3, 0.4) is 0 Å². The minimum atomic E-state index is -0.591. The smallest absolute Gasteiger partial charge is 0.310 e. The van der Waals surface area contributed by atoms with Crippen molar-refractivity contribution in [1.29, 1.82) is 0 Å². The van der Waals surface area contributed by atoms with E-state index in [2.05, 4.69) is 5.32 Å². The molecule has 0 heterocycles. The lowest BCUT2D eigenvalue weighted by Crippen LogP contribution is -2.28. The third kappa shape index (κ3) is 5.84. The van der Waals surface area contributed by atoms with Crippen molar-refractivity contribution in [1.82, 2.24) is 5.32 Å². The number of carbonyl (C=O) groups excluding carboxylic acids is 3. The van der Waals surface area contributed by atoms with E-state index in [0.717, 1.165) is 5.56 Å². The Balaban J connectivity index is 1.87. The van der Waals surface area contributed by atoms with Gasteiger partial charge in [-0.1, -0.05) is 18.2 Å². The molecule has 0 saturated heterocycles. The number of benzene rings is 2. The molecule has 7 nitrogen and oxygen atoms in total. The van der Waals surface area contributed by atoms with Crippen LogP contribution in [0.1, 0.15) is 28.4 Å². The highest BCUT2D eigenvalue weighted by atomic mass is 16.5. The summed E-state index contributed by atoms with van der Waals surface area (Å²) in [6, 6.07) is 12.1. The average molecular weight is 385 g/mol. The van der Waals surface area contributed by atoms with E-state index < -0.39 is 18.5 Å². The van der Waals surface area contributed by atoms with Crippen molar-refractivity contribution in [2.24, 2.45) is 0 Å². The van der Waals surface area contributed by atoms with E-state index in [1.165, 1.54) is 14.0 Å². The predicted molar refractivity (Wildman–Crippen MR) is 103 cm³/mol. The molecule has 0 saturated carbocycles. The van der Waals surface area contributed by atoms with Crippen molar-refractivity contribution in [3.05, 3.63) is 59.2 Å². The number of rotatable bonds is 9. The summed E-state index contributed by atoms with van der Waals surface area (Å²) < 4.78 is 15.5. The first kappa shape index (κ1) is 21.0. The molecule has 7 heteroatoms. The molecule has 0 radical (unpaired) electrons. The van der Waals surface area contributed by atoms with Crippen LogP contribution in [0.2, 0.25) is 0 Å². The van der Waals surface area contributed by atoms with Crippen molar-refractivity contribution in [3.8, 4) is 11.5 Å². The lowest BCUT2D eigenvalue weighted by molar-refractivity contribution is -0.147. The summed E-state index contributed by atoms with van der Waals surface area (Å²) in [6.45, 7) is 1.30. The lowest BCUT2D eigenvalue weighted by atomic mass is 10.0. The van der Waals surface area contributed by atoms with Crippen LogP contribution in [0.15, 0.2) is 42.5 Å². The van der Waals surface area contributed by atoms with E-state index in [4.69, 9.17) is 14.2 Å². The first-order valence-corrected chi connectivity index (χ1v) is 8.66. The fourth-order valence-electron chi connectivity index (χ4n) is 2.58. The van der Waals surface area contributed by atoms with Gasteiger partial charge >= 0.3 is 5.97 Å². The Bertz CT molecular complexity index is 862. The second-order valence-electron chi connectivity index (χ2n) is 6.01. The van der Waals surface area contributed by atoms with Gasteiger partial charge in [-0.15, -0.1) is 0 Å². The number of ether oxygens (including phenoxy) is 3. The Labute approximate surface area is 163 Å². The molecule has 28 heavy (non-hydrogen) atoms. The van der Waals surface area contributed by atoms with Gasteiger partial charge in [0.1, 0.15) is 11.5 Å². The molecule has 1 N–H and O–H groups in total. The maximum absolute atomic E-state index is 12.1. The van der Waals surface area contributed by atoms with Crippen molar-refractivity contribution in [2.75, 3.05) is 20.8 Å². The summed E-state index contributed by atoms with van der Waals surface area (Å²) in [4.78, 5) is 35.5. The van der Waals surface area contributed by atoms with Crippen molar-refractivity contribution in [2.45, 2.75) is 19.9 Å². The Morgan fingerprint density at radius 1 is 0.929 bits per heavy atom. The number of methoxy groups -OCH3 is 2. The van der Waals surface area contributed by atoms with Crippen LogP contribution >= 0.6 is 0 Å². The second kappa shape index (κ2) is 10.1. The first-order chi connectivity index (χ1) is 13.4. The summed E-state index contributed by atoms with van der Waals surface area (Å²) >= 11 is 0. The number of hydrogen-bond acceptors (Lipinski definition) is 6. The van der Waals surface area contributed by atoms with Crippen LogP contribution in [0.25, 0.3) is 0 Å². The molecule has 148 valence electrons. The van der Waals surface area contributed by atoms with Crippen LogP contribution in [0, 0.1) is 0 Å². The average Bonchev–Trinajstić information content (AvgIpc) is 2.70. The molecule has 0 bridgehead atoms. The molecule has 2 rings (SSSR count). The first-order valence-electron chi connectivity index (χ1n) is 8.66. The largest absolute Gasteiger partial charge is 0.496 e. The highest BCUT2D eigenvalue weighted by molar-refractivity contribution is 5.94. The normalized spacial score (nSPS) is 10.1. The highest BCUT2D eigenvalue weighted by Crippen LogP contribution is 2.21. The number of nitrogens with one attached hydrogen (secondary N) is 1. The third-order valence-corrected chi connectivity index (χ3v) is 4.05. The van der Waals surface area contributed by atoms with Crippen LogP contribution in [0.4, 0.5) is 0 Å². The predicted octanol–water partition coefficient (Wildman–Crippen LogP) is 2.31. The van der Waals surface area contributed by atoms with Crippen molar-refractivity contribution < 1.29 is 28.6 Å². The topological polar surface area (TPSA) is 90.9 Å². The fourth-order valence-corrected chi connectivity index (χ4v) is 2.58. The SMILES string of the molecule is COc1ccccc1CNC(=O)COC(=O)Cc1cc(C(C)=O)ccc1OC. The standard InChI is InChI=1S/C21H23NO6/c1-14(23)15-8-9-19(27-3)17(10-15)11-21(25)28-13-20(24)22-12-16-6-4-5-7-18(16)26-2/h4-10H,11-13H2,1-3H3,(H,22,24). The van der Waals surface area contributed by atoms with Gasteiger partial charge in [-0.3, -0.25) is 14.4 Å². The number of Topliss-reactive ketones (excluding diaryl/α,β-unsaturated/α-hetero) is 1. The Morgan fingerprint density at radius 2 is 1.61 bits per heavy atom. The van der Waals surface area contributed by atoms with Gasteiger partial charge in [0.05, 0.1) is 20.6 Å². The molecule has 0 atom stereocenters. The summed E-state index contributed by atoms with van der Waals surface area (Å²) in [5.74, 6) is 0.00274. The van der Waals surface area contributed by atoms with E-state index >= 15 is 0 Å². The molecule has 2 aromatic rings. The number of hydrogen-bond donors (Lipinski definition) is 1. The van der Waals surface area contributed by atoms with Crippen molar-refractivity contribution in [3.63, 3.8) is 0 Å². The number of para-hydroxylation sites is 1. The second-order valence-corrected chi connectivity index (χ2v) is 6.01. The van der Waals surface area contributed by atoms with Crippen LogP contribution < -0.4 is 14.8 Å². The van der Waals surface area contributed by atoms with Gasteiger partial charge in [0, 0.05) is 23.2 Å². The Hall–Kier alpha value is -3.35. The summed E-state index contributed by atoms with van der Waals surface area (Å²) in [6.07, 6.45) is -0.107. The Morgan fingerprint density at radius 3 is 2.29 bits per heavy atom. The van der Waals surface area contributed by atoms with E-state index in [0.29, 0.717) is 22.6 Å². The van der Waals surface area contributed by atoms with Gasteiger partial charge in [0.15, 0.2) is 12.4 Å². The maximum atomic E-state index is 12.1. The molecule has 2 aromatic carbocycles. The van der Waals surface area contributed by atoms with Gasteiger partial charge in [-0.05, 0) is 31.2 Å². The zero-order valence-electron chi connectivity index (χ0n) is 16.1. The van der Waals surface area contributed by atoms with Crippen LogP contribution in [-0.4, -0.2) is 38.5 Å². The minimum absolute atomic E-state index is 0.107. The third-order valence-electron chi connectivity index (χ3n) is 4.05. The van der Waals surface area contributed by atoms with Crippen molar-refractivity contribution >= 4 is 17.7 Å². The zero-order chi connectivity index (χ0) is 20.5. The van der Waals surface area contributed by atoms with E-state index in [1.54, 1.807) is 31.4 Å². The molecule has 0 aliphatic carbocycles. The molecule has 0 unspecified atom stereocenters. The van der Waals surface area contributed by atoms with E-state index in [9.17, 15) is 14.4 Å². The van der Waals surface area contributed by atoms with E-state index in [-0.39, 0.29) is 18.7 Å². The van der Waals surface area contributed by atoms with Gasteiger partial charge < -0.3 is 19.5 Å². The monoisotopic (exact) mass is 385 g/mol. The van der Waals surface area contributed by atoms with Gasteiger partial charge in [0.25, 0.3) is 5.91 Å². The lowest BCUT2D eigenvalue weighted by Gasteiger charge is -2.11. The van der Waals surface area contributed by atoms with E-state index in [1.807, 2.05) is 18.2 Å². The number of ketones is 1. The van der Waals surface area contributed by atoms with Gasteiger partial charge in [-0.2, -0.15) is 0 Å². The summed E-state index contributed by atoms with van der Waals surface area (Å²) in [7, 11) is 3.03. The molecular weight excluding hydrogens is 362 g/mol. The fraction of sp³-hybridized carbons (Fsp3) is 0.286. The molecule has 0 aromatic heterocycles. The molecule has 0 aliphatic heterocycles. The summed E-state index contributed by atoms with van der Waals surface area (Å²) in [5.41, 5.74) is 1.81.